The molecule has 10 atom stereocenters. The molecule has 86 heavy (non-hydrogen) atoms. The summed E-state index contributed by atoms with van der Waals surface area (Å²) in [4.78, 5) is 63.9. The Hall–Kier alpha value is -8.14. The fourth-order valence-corrected chi connectivity index (χ4v) is 13.5. The van der Waals surface area contributed by atoms with E-state index in [9.17, 15) is 24.3 Å². The third kappa shape index (κ3) is 12.7. The summed E-state index contributed by atoms with van der Waals surface area (Å²) >= 11 is 6.27. The highest BCUT2D eigenvalue weighted by molar-refractivity contribution is 8.07. The molecule has 11 rings (SSSR count). The van der Waals surface area contributed by atoms with Gasteiger partial charge in [-0.1, -0.05) is 97.9 Å². The fraction of sp³-hybridized carbons (Fsp3) is 0.283. The maximum atomic E-state index is 13.4. The van der Waals surface area contributed by atoms with E-state index in [0.717, 1.165) is 16.7 Å². The quantitative estimate of drug-likeness (QED) is 0.0288. The number of ether oxygens (including phenoxy) is 5. The van der Waals surface area contributed by atoms with Crippen LogP contribution in [0, 0.1) is 17.2 Å². The molecule has 0 radical (unpaired) electrons. The second-order valence-electron chi connectivity index (χ2n) is 20.1. The molecule has 3 aromatic heterocycles. The molecule has 3 aliphatic rings. The molecule has 26 heteroatoms. The maximum Gasteiger partial charge on any atom is 0.695 e. The molecule has 2 fully saturated rings. The first-order valence-electron chi connectivity index (χ1n) is 27.2. The predicted octanol–water partition coefficient (Wildman–Crippen LogP) is 9.93. The van der Waals surface area contributed by atoms with Gasteiger partial charge in [-0.3, -0.25) is 19.1 Å². The van der Waals surface area contributed by atoms with Gasteiger partial charge in [-0.05, 0) is 77.0 Å². The van der Waals surface area contributed by atoms with Gasteiger partial charge in [-0.2, -0.15) is 5.26 Å². The second-order valence-corrected chi connectivity index (χ2v) is 23.7. The zero-order valence-corrected chi connectivity index (χ0v) is 49.1. The van der Waals surface area contributed by atoms with Gasteiger partial charge in [-0.15, -0.1) is 9.42 Å². The molecule has 23 nitrogen and oxygen atoms in total. The molecule has 3 unspecified atom stereocenters. The molecule has 0 aliphatic carbocycles. The number of carbonyl (C=O) groups excluding carboxylic acids is 2. The smallest absolute Gasteiger partial charge is 0.497 e. The summed E-state index contributed by atoms with van der Waals surface area (Å²) in [6, 6.07) is 44.3. The van der Waals surface area contributed by atoms with Gasteiger partial charge in [0.1, 0.15) is 60.0 Å². The SMILES string of the molecule is COc1ccc(C(OC[C@@H]2O[C@H](n3cnc4c(NC(=O)c5ccccc5)ncnc43)C[C@H]2OP(=S)(OCCC#N)OC[C@@H]2O[C@H](C3C=Nc4c(NC(=O)c5ccccc5)ncnc43)[C@@H](C)[C@H]2O[P+](=O)O)(c2ccccc2)c2ccc(OC)cc2)cc1. The molecule has 6 heterocycles. The van der Waals surface area contributed by atoms with Crippen LogP contribution in [0.5, 0.6) is 11.5 Å². The summed E-state index contributed by atoms with van der Waals surface area (Å²) in [6.07, 6.45) is 0.109. The zero-order chi connectivity index (χ0) is 59.8. The van der Waals surface area contributed by atoms with Crippen LogP contribution in [-0.2, 0) is 54.3 Å². The second kappa shape index (κ2) is 26.6. The summed E-state index contributed by atoms with van der Waals surface area (Å²) < 4.78 is 72.1. The van der Waals surface area contributed by atoms with Crippen LogP contribution < -0.4 is 20.1 Å². The van der Waals surface area contributed by atoms with Crippen LogP contribution in [0.1, 0.15) is 75.0 Å². The van der Waals surface area contributed by atoms with E-state index in [1.165, 1.54) is 19.0 Å². The lowest BCUT2D eigenvalue weighted by molar-refractivity contribution is -0.0925. The third-order valence-corrected chi connectivity index (χ3v) is 17.8. The van der Waals surface area contributed by atoms with Gasteiger partial charge in [0, 0.05) is 34.2 Å². The van der Waals surface area contributed by atoms with Crippen LogP contribution in [0.15, 0.2) is 164 Å². The molecule has 0 spiro atoms. The van der Waals surface area contributed by atoms with Gasteiger partial charge >= 0.3 is 15.0 Å². The number of aromatic nitrogens is 6. The van der Waals surface area contributed by atoms with E-state index >= 15 is 0 Å². The van der Waals surface area contributed by atoms with E-state index in [0.29, 0.717) is 39.7 Å². The minimum atomic E-state index is -4.01. The number of hydrogen-bond donors (Lipinski definition) is 3. The van der Waals surface area contributed by atoms with Crippen molar-refractivity contribution in [3.05, 3.63) is 192 Å². The Morgan fingerprint density at radius 2 is 1.36 bits per heavy atom. The molecular weight excluding hydrogens is 1160 g/mol. The normalized spacial score (nSPS) is 21.5. The molecule has 440 valence electrons. The Balaban J connectivity index is 0.915. The topological polar surface area (TPSA) is 284 Å². The van der Waals surface area contributed by atoms with Gasteiger partial charge in [0.2, 0.25) is 0 Å². The fourth-order valence-electron chi connectivity index (χ4n) is 10.8. The summed E-state index contributed by atoms with van der Waals surface area (Å²) in [5.41, 5.74) is 3.19. The van der Waals surface area contributed by atoms with Crippen LogP contribution in [0.3, 0.4) is 0 Å². The van der Waals surface area contributed by atoms with Crippen molar-refractivity contribution >= 4 is 73.3 Å². The van der Waals surface area contributed by atoms with Crippen molar-refractivity contribution in [1.29, 1.82) is 5.26 Å². The first-order chi connectivity index (χ1) is 41.9. The molecule has 0 saturated carbocycles. The number of nitriles is 1. The van der Waals surface area contributed by atoms with Gasteiger partial charge < -0.3 is 47.9 Å². The Morgan fingerprint density at radius 1 is 0.767 bits per heavy atom. The number of nitrogens with one attached hydrogen (secondary N) is 2. The van der Waals surface area contributed by atoms with Crippen molar-refractivity contribution in [3.8, 4) is 17.6 Å². The summed E-state index contributed by atoms with van der Waals surface area (Å²) in [5.74, 6) is -0.382. The molecule has 3 N–H and O–H groups in total. The van der Waals surface area contributed by atoms with E-state index < -0.39 is 81.0 Å². The number of aliphatic imine (C=N–C) groups is 1. The van der Waals surface area contributed by atoms with Crippen LogP contribution in [0.4, 0.5) is 17.3 Å². The van der Waals surface area contributed by atoms with Crippen molar-refractivity contribution in [1.82, 2.24) is 29.5 Å². The van der Waals surface area contributed by atoms with Crippen molar-refractivity contribution in [2.24, 2.45) is 10.9 Å². The lowest BCUT2D eigenvalue weighted by atomic mass is 9.80. The largest absolute Gasteiger partial charge is 0.695 e. The molecule has 2 saturated heterocycles. The van der Waals surface area contributed by atoms with Crippen LogP contribution in [0.2, 0.25) is 0 Å². The Morgan fingerprint density at radius 3 is 1.98 bits per heavy atom. The molecule has 3 aliphatic heterocycles. The number of amides is 2. The predicted molar refractivity (Wildman–Crippen MR) is 318 cm³/mol. The summed E-state index contributed by atoms with van der Waals surface area (Å²) in [6.45, 7) is -2.93. The van der Waals surface area contributed by atoms with Gasteiger partial charge in [0.05, 0.1) is 76.7 Å². The zero-order valence-electron chi connectivity index (χ0n) is 46.5. The average molecular weight is 1220 g/mol. The highest BCUT2D eigenvalue weighted by atomic mass is 32.5. The van der Waals surface area contributed by atoms with E-state index in [1.807, 2.05) is 84.9 Å². The number of anilines is 2. The number of hydrogen-bond acceptors (Lipinski definition) is 20. The Bertz CT molecular complexity index is 3790. The van der Waals surface area contributed by atoms with Crippen molar-refractivity contribution in [2.45, 2.75) is 68.0 Å². The average Bonchev–Trinajstić information content (AvgIpc) is 1.55. The number of fused-ring (bicyclic) bond motifs is 2. The highest BCUT2D eigenvalue weighted by Crippen LogP contribution is 2.56. The number of imidazole rings is 1. The van der Waals surface area contributed by atoms with Crippen molar-refractivity contribution in [3.63, 3.8) is 0 Å². The highest BCUT2D eigenvalue weighted by Gasteiger charge is 2.53. The Labute approximate surface area is 499 Å². The van der Waals surface area contributed by atoms with Crippen LogP contribution in [-0.4, -0.2) is 117 Å². The number of rotatable bonds is 24. The monoisotopic (exact) mass is 1220 g/mol. The van der Waals surface area contributed by atoms with E-state index in [4.69, 9.17) is 53.6 Å². The minimum absolute atomic E-state index is 0.0772. The van der Waals surface area contributed by atoms with E-state index in [1.54, 1.807) is 86.5 Å². The van der Waals surface area contributed by atoms with E-state index in [-0.39, 0.29) is 49.8 Å². The molecule has 2 amide bonds. The van der Waals surface area contributed by atoms with Gasteiger partial charge in [0.25, 0.3) is 11.8 Å². The molecule has 8 aromatic rings. The number of nitrogens with zero attached hydrogens (tertiary/aromatic N) is 8. The van der Waals surface area contributed by atoms with Crippen LogP contribution >= 0.6 is 15.0 Å². The molecule has 0 bridgehead atoms. The standard InChI is InChI=1S/C60H56N10O13P2S/c1-37-53(45-31-62-51-50(45)63-34-64-55(51)68-58(71)38-14-7-4-8-15-38)81-48(54(37)82-84(73)74)33-79-85(86,78-29-13-28-61)83-46-30-49(70-36-67-52-56(65-35-66-57(52)70)69-59(72)39-16-9-5-10-17-39)80-47(46)32-77-60(40-18-11-6-12-19-40,41-20-24-43(75-2)25-21-41)42-22-26-44(76-3)27-23-42/h4-12,14-27,31,34-37,45-49,53-54H,13,29-30,32-33H2,1-3H3,(H2-,63,64,65,66,68,69,71,72,73,74)/p+1/t37-,45?,46-,47+,48+,49+,53+,54-,85?/m1/s1. The van der Waals surface area contributed by atoms with Crippen molar-refractivity contribution in [2.75, 3.05) is 44.7 Å². The van der Waals surface area contributed by atoms with Crippen molar-refractivity contribution < 1.29 is 60.8 Å². The van der Waals surface area contributed by atoms with Gasteiger partial charge in [-0.25, -0.2) is 24.9 Å². The summed E-state index contributed by atoms with van der Waals surface area (Å²) in [5, 5.41) is 15.4. The first-order valence-corrected chi connectivity index (χ1v) is 30.9. The number of methoxy groups -OCH3 is 2. The molecular formula is C60H57N10O13P2S+. The van der Waals surface area contributed by atoms with E-state index in [2.05, 4.69) is 46.6 Å². The maximum absolute atomic E-state index is 13.4. The Kier molecular flexibility index (Phi) is 18.5. The summed E-state index contributed by atoms with van der Waals surface area (Å²) in [7, 11) is 0.0207. The lowest BCUT2D eigenvalue weighted by Crippen LogP contribution is -2.38. The third-order valence-electron chi connectivity index (χ3n) is 15.0. The molecule has 5 aromatic carbocycles. The number of benzene rings is 5. The lowest BCUT2D eigenvalue weighted by Gasteiger charge is -2.37. The number of carbonyl (C=O) groups is 2. The first kappa shape index (κ1) is 59.6. The van der Waals surface area contributed by atoms with Gasteiger partial charge in [0.15, 0.2) is 22.8 Å². The van der Waals surface area contributed by atoms with Crippen LogP contribution in [0.25, 0.3) is 11.2 Å². The minimum Gasteiger partial charge on any atom is -0.497 e.